The molecule has 0 spiro atoms. The van der Waals surface area contributed by atoms with Crippen LogP contribution in [0.1, 0.15) is 38.5 Å². The summed E-state index contributed by atoms with van der Waals surface area (Å²) in [7, 11) is 0. The van der Waals surface area contributed by atoms with E-state index in [4.69, 9.17) is 0 Å². The molecule has 1 rings (SSSR count). The second kappa shape index (κ2) is 7.46. The van der Waals surface area contributed by atoms with Crippen LogP contribution in [0.2, 0.25) is 0 Å². The summed E-state index contributed by atoms with van der Waals surface area (Å²) in [6.07, 6.45) is 3.71. The molecule has 0 fully saturated rings. The van der Waals surface area contributed by atoms with Gasteiger partial charge in [0.1, 0.15) is 0 Å². The Morgan fingerprint density at radius 1 is 1.38 bits per heavy atom. The van der Waals surface area contributed by atoms with Crippen LogP contribution >= 0.6 is 27.3 Å². The zero-order valence-electron chi connectivity index (χ0n) is 10.4. The van der Waals surface area contributed by atoms with Crippen molar-refractivity contribution < 1.29 is 0 Å². The Morgan fingerprint density at radius 3 is 2.62 bits per heavy atom. The molecule has 0 radical (unpaired) electrons. The van der Waals surface area contributed by atoms with Crippen molar-refractivity contribution in [2.75, 3.05) is 6.54 Å². The van der Waals surface area contributed by atoms with Gasteiger partial charge in [0.2, 0.25) is 0 Å². The molecule has 1 aromatic rings. The molecular formula is C13H22BrNS. The van der Waals surface area contributed by atoms with E-state index in [1.54, 1.807) is 0 Å². The SMILES string of the molecule is CCNC(Cc1ccc(Br)s1)CC(C)CC. The summed E-state index contributed by atoms with van der Waals surface area (Å²) in [6, 6.07) is 5.01. The Labute approximate surface area is 112 Å². The van der Waals surface area contributed by atoms with Crippen molar-refractivity contribution in [1.29, 1.82) is 0 Å². The van der Waals surface area contributed by atoms with Crippen LogP contribution in [0.4, 0.5) is 0 Å². The van der Waals surface area contributed by atoms with Gasteiger partial charge in [-0.05, 0) is 53.4 Å². The molecule has 1 aromatic heterocycles. The molecule has 16 heavy (non-hydrogen) atoms. The monoisotopic (exact) mass is 303 g/mol. The molecule has 0 aliphatic rings. The van der Waals surface area contributed by atoms with Crippen LogP contribution < -0.4 is 5.32 Å². The predicted molar refractivity (Wildman–Crippen MR) is 77.3 cm³/mol. The number of halogens is 1. The van der Waals surface area contributed by atoms with Crippen molar-refractivity contribution >= 4 is 27.3 Å². The number of nitrogens with one attached hydrogen (secondary N) is 1. The fraction of sp³-hybridized carbons (Fsp3) is 0.692. The van der Waals surface area contributed by atoms with Gasteiger partial charge in [-0.1, -0.05) is 27.2 Å². The number of hydrogen-bond acceptors (Lipinski definition) is 2. The molecule has 2 atom stereocenters. The van der Waals surface area contributed by atoms with Crippen molar-refractivity contribution in [3.05, 3.63) is 20.8 Å². The van der Waals surface area contributed by atoms with Crippen LogP contribution in [0.15, 0.2) is 15.9 Å². The number of likely N-dealkylation sites (N-methyl/N-ethyl adjacent to an activating group) is 1. The highest BCUT2D eigenvalue weighted by molar-refractivity contribution is 9.11. The summed E-state index contributed by atoms with van der Waals surface area (Å²) in [4.78, 5) is 1.47. The van der Waals surface area contributed by atoms with Gasteiger partial charge in [0.05, 0.1) is 3.79 Å². The van der Waals surface area contributed by atoms with Crippen LogP contribution in [0, 0.1) is 5.92 Å². The maximum atomic E-state index is 3.60. The van der Waals surface area contributed by atoms with Crippen LogP contribution in [0.3, 0.4) is 0 Å². The van der Waals surface area contributed by atoms with Gasteiger partial charge in [0, 0.05) is 10.9 Å². The van der Waals surface area contributed by atoms with E-state index < -0.39 is 0 Å². The van der Waals surface area contributed by atoms with E-state index in [-0.39, 0.29) is 0 Å². The lowest BCUT2D eigenvalue weighted by Crippen LogP contribution is -2.32. The molecule has 0 saturated carbocycles. The van der Waals surface area contributed by atoms with Crippen molar-refractivity contribution in [2.24, 2.45) is 5.92 Å². The second-order valence-electron chi connectivity index (χ2n) is 4.41. The van der Waals surface area contributed by atoms with E-state index in [1.165, 1.54) is 21.5 Å². The molecule has 0 saturated heterocycles. The van der Waals surface area contributed by atoms with Gasteiger partial charge in [-0.15, -0.1) is 11.3 Å². The predicted octanol–water partition coefficient (Wildman–Crippen LogP) is 4.47. The lowest BCUT2D eigenvalue weighted by Gasteiger charge is -2.20. The molecule has 2 unspecified atom stereocenters. The topological polar surface area (TPSA) is 12.0 Å². The standard InChI is InChI=1S/C13H22BrNS/c1-4-10(3)8-11(15-5-2)9-12-6-7-13(14)16-12/h6-7,10-11,15H,4-5,8-9H2,1-3H3. The number of rotatable bonds is 7. The highest BCUT2D eigenvalue weighted by Gasteiger charge is 2.12. The van der Waals surface area contributed by atoms with Crippen molar-refractivity contribution in [3.8, 4) is 0 Å². The summed E-state index contributed by atoms with van der Waals surface area (Å²) in [5, 5.41) is 3.60. The van der Waals surface area contributed by atoms with Gasteiger partial charge >= 0.3 is 0 Å². The summed E-state index contributed by atoms with van der Waals surface area (Å²) >= 11 is 5.38. The van der Waals surface area contributed by atoms with Gasteiger partial charge in [-0.2, -0.15) is 0 Å². The fourth-order valence-electron chi connectivity index (χ4n) is 1.88. The minimum absolute atomic E-state index is 0.630. The number of hydrogen-bond donors (Lipinski definition) is 1. The first kappa shape index (κ1) is 14.2. The van der Waals surface area contributed by atoms with E-state index in [0.29, 0.717) is 6.04 Å². The van der Waals surface area contributed by atoms with E-state index in [9.17, 15) is 0 Å². The summed E-state index contributed by atoms with van der Waals surface area (Å²) in [5.74, 6) is 0.812. The van der Waals surface area contributed by atoms with E-state index >= 15 is 0 Å². The number of thiophene rings is 1. The van der Waals surface area contributed by atoms with Crippen LogP contribution in [-0.4, -0.2) is 12.6 Å². The molecule has 3 heteroatoms. The molecule has 0 aliphatic heterocycles. The molecule has 1 N–H and O–H groups in total. The summed E-state index contributed by atoms with van der Waals surface area (Å²) in [6.45, 7) is 7.87. The van der Waals surface area contributed by atoms with Crippen molar-refractivity contribution in [1.82, 2.24) is 5.32 Å². The van der Waals surface area contributed by atoms with Gasteiger partial charge in [0.15, 0.2) is 0 Å². The Balaban J connectivity index is 2.50. The summed E-state index contributed by atoms with van der Waals surface area (Å²) in [5.41, 5.74) is 0. The Kier molecular flexibility index (Phi) is 6.62. The third-order valence-corrected chi connectivity index (χ3v) is 4.60. The first-order valence-corrected chi connectivity index (χ1v) is 7.74. The van der Waals surface area contributed by atoms with Crippen molar-refractivity contribution in [3.63, 3.8) is 0 Å². The van der Waals surface area contributed by atoms with Crippen LogP contribution in [0.25, 0.3) is 0 Å². The Bertz CT molecular complexity index is 298. The zero-order chi connectivity index (χ0) is 12.0. The Hall–Kier alpha value is 0.140. The summed E-state index contributed by atoms with van der Waals surface area (Å²) < 4.78 is 1.24. The van der Waals surface area contributed by atoms with Gasteiger partial charge < -0.3 is 5.32 Å². The Morgan fingerprint density at radius 2 is 2.12 bits per heavy atom. The average molecular weight is 304 g/mol. The first-order chi connectivity index (χ1) is 7.65. The van der Waals surface area contributed by atoms with Crippen molar-refractivity contribution in [2.45, 2.75) is 46.1 Å². The minimum atomic E-state index is 0.630. The molecule has 0 aliphatic carbocycles. The highest BCUT2D eigenvalue weighted by Crippen LogP contribution is 2.24. The lowest BCUT2D eigenvalue weighted by atomic mass is 9.97. The van der Waals surface area contributed by atoms with Crippen LogP contribution in [-0.2, 0) is 6.42 Å². The lowest BCUT2D eigenvalue weighted by molar-refractivity contribution is 0.398. The van der Waals surface area contributed by atoms with Gasteiger partial charge in [0.25, 0.3) is 0 Å². The largest absolute Gasteiger partial charge is 0.314 e. The molecule has 0 amide bonds. The van der Waals surface area contributed by atoms with E-state index in [2.05, 4.69) is 54.2 Å². The van der Waals surface area contributed by atoms with Gasteiger partial charge in [-0.3, -0.25) is 0 Å². The quantitative estimate of drug-likeness (QED) is 0.784. The normalized spacial score (nSPS) is 15.0. The first-order valence-electron chi connectivity index (χ1n) is 6.13. The molecular weight excluding hydrogens is 282 g/mol. The van der Waals surface area contributed by atoms with E-state index in [0.717, 1.165) is 18.9 Å². The molecule has 92 valence electrons. The smallest absolute Gasteiger partial charge is 0.0701 e. The molecule has 0 bridgehead atoms. The molecule has 0 aromatic carbocycles. The third kappa shape index (κ3) is 4.98. The van der Waals surface area contributed by atoms with Gasteiger partial charge in [-0.25, -0.2) is 0 Å². The fourth-order valence-corrected chi connectivity index (χ4v) is 3.45. The second-order valence-corrected chi connectivity index (χ2v) is 6.96. The average Bonchev–Trinajstić information content (AvgIpc) is 2.64. The maximum absolute atomic E-state index is 3.60. The minimum Gasteiger partial charge on any atom is -0.314 e. The highest BCUT2D eigenvalue weighted by atomic mass is 79.9. The zero-order valence-corrected chi connectivity index (χ0v) is 12.8. The molecule has 1 nitrogen and oxygen atoms in total. The van der Waals surface area contributed by atoms with Crippen LogP contribution in [0.5, 0.6) is 0 Å². The third-order valence-electron chi connectivity index (χ3n) is 2.95. The molecule has 1 heterocycles. The van der Waals surface area contributed by atoms with E-state index in [1.807, 2.05) is 11.3 Å². The maximum Gasteiger partial charge on any atom is 0.0701 e.